The molecule has 0 spiro atoms. The molecule has 5 aromatic rings. The van der Waals surface area contributed by atoms with Crippen LogP contribution in [0.2, 0.25) is 0 Å². The van der Waals surface area contributed by atoms with Crippen LogP contribution in [0.5, 0.6) is 0 Å². The number of benzene rings is 2. The first kappa shape index (κ1) is 41.4. The maximum absolute atomic E-state index is 13.5. The highest BCUT2D eigenvalue weighted by molar-refractivity contribution is 14.1. The standard InChI is InChI=1S/C42H48I2N10O2S/c1-3-16-52(18-15-43)42(56)29-20-27-12-13-28(22-35(27)49-36(45)23-29)41(55)48-31-21-30-25-53(17-14-33(30)47-24-31)57-19-8-4-5-11-37-51-38-39(54(37)26(2)44)32-9-6-7-10-34(32)50-40(38)46/h6-7,9-10,12-13,20-22,24,26H,3-5,8,11,14-19,23,25H2,1-2H3,(H2,45,49)(H2,46,50)(H,48,55). The molecule has 0 fully saturated rings. The molecule has 0 saturated heterocycles. The lowest BCUT2D eigenvalue weighted by Gasteiger charge is -2.27. The second-order valence-electron chi connectivity index (χ2n) is 14.4. The van der Waals surface area contributed by atoms with Gasteiger partial charge in [0.05, 0.1) is 32.7 Å². The molecule has 2 aliphatic heterocycles. The van der Waals surface area contributed by atoms with Crippen molar-refractivity contribution in [3.05, 3.63) is 88.5 Å². The summed E-state index contributed by atoms with van der Waals surface area (Å²) in [6, 6.07) is 15.5. The lowest BCUT2D eigenvalue weighted by Crippen LogP contribution is -2.35. The first-order chi connectivity index (χ1) is 27.6. The highest BCUT2D eigenvalue weighted by atomic mass is 127. The normalized spacial score (nSPS) is 14.7. The molecule has 7 rings (SSSR count). The van der Waals surface area contributed by atoms with Gasteiger partial charge in [-0.2, -0.15) is 0 Å². The molecule has 5 N–H and O–H groups in total. The highest BCUT2D eigenvalue weighted by Gasteiger charge is 2.23. The number of halogens is 2. The van der Waals surface area contributed by atoms with E-state index in [0.717, 1.165) is 106 Å². The molecule has 57 heavy (non-hydrogen) atoms. The minimum Gasteiger partial charge on any atom is -0.387 e. The predicted molar refractivity (Wildman–Crippen MR) is 251 cm³/mol. The van der Waals surface area contributed by atoms with Crippen LogP contribution in [0.15, 0.2) is 65.3 Å². The number of anilines is 2. The van der Waals surface area contributed by atoms with Gasteiger partial charge in [-0.1, -0.05) is 94.7 Å². The summed E-state index contributed by atoms with van der Waals surface area (Å²) in [4.78, 5) is 47.6. The van der Waals surface area contributed by atoms with Gasteiger partial charge in [0.1, 0.15) is 17.2 Å². The number of carbonyl (C=O) groups excluding carboxylic acids is 2. The number of unbranched alkanes of at least 4 members (excludes halogenated alkanes) is 2. The van der Waals surface area contributed by atoms with Crippen molar-refractivity contribution < 1.29 is 9.59 Å². The number of amides is 2. The number of nitrogens with two attached hydrogens (primary N) is 2. The monoisotopic (exact) mass is 1010 g/mol. The first-order valence-electron chi connectivity index (χ1n) is 19.5. The topological polar surface area (TPSA) is 161 Å². The Morgan fingerprint density at radius 2 is 1.91 bits per heavy atom. The maximum Gasteiger partial charge on any atom is 0.255 e. The van der Waals surface area contributed by atoms with Crippen molar-refractivity contribution in [2.45, 2.75) is 69.4 Å². The van der Waals surface area contributed by atoms with E-state index in [9.17, 15) is 9.59 Å². The number of hydrogen-bond acceptors (Lipinski definition) is 10. The number of pyridine rings is 2. The number of rotatable bonds is 15. The van der Waals surface area contributed by atoms with Gasteiger partial charge in [0.15, 0.2) is 5.82 Å². The summed E-state index contributed by atoms with van der Waals surface area (Å²) in [5.74, 6) is 2.65. The number of carbonyl (C=O) groups is 2. The van der Waals surface area contributed by atoms with Gasteiger partial charge >= 0.3 is 0 Å². The van der Waals surface area contributed by atoms with Crippen molar-refractivity contribution in [3.8, 4) is 0 Å². The van der Waals surface area contributed by atoms with Crippen LogP contribution in [0.4, 0.5) is 17.2 Å². The van der Waals surface area contributed by atoms with E-state index in [2.05, 4.69) is 89.3 Å². The van der Waals surface area contributed by atoms with Crippen molar-refractivity contribution in [2.75, 3.05) is 40.9 Å². The van der Waals surface area contributed by atoms with E-state index in [0.29, 0.717) is 47.3 Å². The van der Waals surface area contributed by atoms with Gasteiger partial charge in [-0.05, 0) is 62.1 Å². The summed E-state index contributed by atoms with van der Waals surface area (Å²) in [6.45, 7) is 7.33. The van der Waals surface area contributed by atoms with E-state index >= 15 is 0 Å². The third-order valence-corrected chi connectivity index (χ3v) is 12.4. The second-order valence-corrected chi connectivity index (χ2v) is 18.5. The molecule has 0 saturated carbocycles. The van der Waals surface area contributed by atoms with Crippen LogP contribution >= 0.6 is 57.1 Å². The number of aryl methyl sites for hydroxylation is 1. The SMILES string of the molecule is CCCN(CCI)C(=O)C1=Cc2ccc(C(=O)Nc3cnc4c(c3)CN(SCCCCCc3nc5c(N)nc6ccccc6c5n3C(C)I)CC4)cc2N=C(N)C1. The largest absolute Gasteiger partial charge is 0.387 e. The van der Waals surface area contributed by atoms with Crippen molar-refractivity contribution in [1.29, 1.82) is 0 Å². The maximum atomic E-state index is 13.5. The molecular formula is C42H48I2N10O2S. The second kappa shape index (κ2) is 18.8. The minimum absolute atomic E-state index is 0.0208. The Labute approximate surface area is 365 Å². The molecule has 1 unspecified atom stereocenters. The van der Waals surface area contributed by atoms with Gasteiger partial charge in [-0.15, -0.1) is 0 Å². The molecule has 3 aromatic heterocycles. The molecule has 1 atom stereocenters. The number of imidazole rings is 1. The van der Waals surface area contributed by atoms with E-state index in [1.54, 1.807) is 18.3 Å². The molecular weight excluding hydrogens is 962 g/mol. The average molecular weight is 1010 g/mol. The van der Waals surface area contributed by atoms with Gasteiger partial charge in [-0.25, -0.2) is 19.3 Å². The van der Waals surface area contributed by atoms with Crippen LogP contribution in [-0.4, -0.2) is 76.2 Å². The van der Waals surface area contributed by atoms with Gasteiger partial charge < -0.3 is 26.3 Å². The molecule has 12 nitrogen and oxygen atoms in total. The van der Waals surface area contributed by atoms with Gasteiger partial charge in [0.25, 0.3) is 5.91 Å². The van der Waals surface area contributed by atoms with Crippen LogP contribution in [-0.2, 0) is 24.2 Å². The molecule has 0 bridgehead atoms. The van der Waals surface area contributed by atoms with Crippen LogP contribution in [0, 0.1) is 0 Å². The zero-order chi connectivity index (χ0) is 40.1. The molecule has 0 radical (unpaired) electrons. The summed E-state index contributed by atoms with van der Waals surface area (Å²) in [7, 11) is 0. The van der Waals surface area contributed by atoms with E-state index in [1.807, 2.05) is 53.3 Å². The third kappa shape index (κ3) is 9.57. The Balaban J connectivity index is 0.924. The van der Waals surface area contributed by atoms with Gasteiger partial charge in [-0.3, -0.25) is 14.6 Å². The number of aromatic nitrogens is 4. The van der Waals surface area contributed by atoms with Crippen LogP contribution in [0.1, 0.15) is 83.0 Å². The van der Waals surface area contributed by atoms with Crippen molar-refractivity contribution in [3.63, 3.8) is 0 Å². The fourth-order valence-electron chi connectivity index (χ4n) is 7.53. The van der Waals surface area contributed by atoms with Crippen LogP contribution in [0.3, 0.4) is 0 Å². The highest BCUT2D eigenvalue weighted by Crippen LogP contribution is 2.34. The Morgan fingerprint density at radius 1 is 1.07 bits per heavy atom. The van der Waals surface area contributed by atoms with E-state index < -0.39 is 0 Å². The van der Waals surface area contributed by atoms with E-state index in [4.69, 9.17) is 21.4 Å². The number of hydrogen-bond donors (Lipinski definition) is 3. The smallest absolute Gasteiger partial charge is 0.255 e. The minimum atomic E-state index is -0.256. The number of aliphatic imine (C=N–C) groups is 1. The van der Waals surface area contributed by atoms with Crippen molar-refractivity contribution in [1.82, 2.24) is 28.7 Å². The fourth-order valence-corrected chi connectivity index (χ4v) is 9.75. The summed E-state index contributed by atoms with van der Waals surface area (Å²) < 4.78 is 5.81. The number of para-hydroxylation sites is 1. The molecule has 0 aliphatic carbocycles. The number of nitrogens with one attached hydrogen (secondary N) is 1. The van der Waals surface area contributed by atoms with Crippen molar-refractivity contribution >= 4 is 120 Å². The number of nitrogen functional groups attached to an aromatic ring is 1. The number of amidine groups is 1. The molecule has 5 heterocycles. The molecule has 298 valence electrons. The summed E-state index contributed by atoms with van der Waals surface area (Å²) >= 11 is 6.63. The molecule has 2 aromatic carbocycles. The summed E-state index contributed by atoms with van der Waals surface area (Å²) in [6.07, 6.45) is 9.75. The molecule has 2 amide bonds. The fraction of sp³-hybridized carbons (Fsp3) is 0.381. The van der Waals surface area contributed by atoms with Crippen LogP contribution in [0.25, 0.3) is 28.0 Å². The Kier molecular flexibility index (Phi) is 13.7. The van der Waals surface area contributed by atoms with Gasteiger partial charge in [0.2, 0.25) is 5.91 Å². The number of fused-ring (bicyclic) bond motifs is 5. The van der Waals surface area contributed by atoms with Gasteiger partial charge in [0, 0.05) is 83.4 Å². The third-order valence-electron chi connectivity index (χ3n) is 10.2. The summed E-state index contributed by atoms with van der Waals surface area (Å²) in [5.41, 5.74) is 20.7. The lowest BCUT2D eigenvalue weighted by atomic mass is 10.0. The molecule has 2 aliphatic rings. The van der Waals surface area contributed by atoms with E-state index in [1.165, 1.54) is 0 Å². The number of nitrogens with zero attached hydrogens (tertiary/aromatic N) is 7. The summed E-state index contributed by atoms with van der Waals surface area (Å²) in [5, 5.41) is 4.12. The van der Waals surface area contributed by atoms with Crippen molar-refractivity contribution in [2.24, 2.45) is 10.7 Å². The quantitative estimate of drug-likeness (QED) is 0.0404. The number of alkyl halides is 2. The lowest BCUT2D eigenvalue weighted by molar-refractivity contribution is -0.126. The Morgan fingerprint density at radius 3 is 2.72 bits per heavy atom. The zero-order valence-electron chi connectivity index (χ0n) is 32.3. The zero-order valence-corrected chi connectivity index (χ0v) is 37.4. The predicted octanol–water partition coefficient (Wildman–Crippen LogP) is 8.64. The van der Waals surface area contributed by atoms with Crippen LogP contribution < -0.4 is 16.8 Å². The first-order valence-corrected chi connectivity index (χ1v) is 23.2. The Hall–Kier alpha value is -3.81. The Bertz CT molecular complexity index is 2350. The van der Waals surface area contributed by atoms with E-state index in [-0.39, 0.29) is 22.3 Å². The molecule has 15 heteroatoms. The average Bonchev–Trinajstić information content (AvgIpc) is 3.51.